The Morgan fingerprint density at radius 2 is 2.00 bits per heavy atom. The van der Waals surface area contributed by atoms with E-state index in [1.165, 1.54) is 6.07 Å². The van der Waals surface area contributed by atoms with Crippen molar-refractivity contribution in [1.29, 1.82) is 0 Å². The molecule has 1 unspecified atom stereocenters. The van der Waals surface area contributed by atoms with Gasteiger partial charge in [-0.05, 0) is 30.5 Å². The number of nitrogens with zero attached hydrogens (tertiary/aromatic N) is 1. The van der Waals surface area contributed by atoms with E-state index in [1.807, 2.05) is 19.9 Å². The summed E-state index contributed by atoms with van der Waals surface area (Å²) in [5, 5.41) is 0. The molecule has 0 saturated heterocycles. The maximum absolute atomic E-state index is 14.1. The third-order valence-corrected chi connectivity index (χ3v) is 3.61. The number of nitrogens with two attached hydrogens (primary N) is 1. The summed E-state index contributed by atoms with van der Waals surface area (Å²) < 4.78 is 19.7. The van der Waals surface area contributed by atoms with Crippen molar-refractivity contribution in [2.24, 2.45) is 5.73 Å². The zero-order valence-corrected chi connectivity index (χ0v) is 12.5. The Morgan fingerprint density at radius 3 is 2.67 bits per heavy atom. The number of hydrogen-bond donors (Lipinski definition) is 1. The number of hydrogen-bond acceptors (Lipinski definition) is 3. The van der Waals surface area contributed by atoms with Crippen LogP contribution in [0.5, 0.6) is 5.75 Å². The minimum absolute atomic E-state index is 0.304. The highest BCUT2D eigenvalue weighted by Crippen LogP contribution is 2.33. The quantitative estimate of drug-likeness (QED) is 0.883. The Labute approximate surface area is 125 Å². The molecule has 1 aromatic heterocycles. The van der Waals surface area contributed by atoms with E-state index in [0.29, 0.717) is 24.3 Å². The monoisotopic (exact) mass is 288 g/mol. The summed E-state index contributed by atoms with van der Waals surface area (Å²) in [7, 11) is 0. The normalized spacial score (nSPS) is 13.7. The highest BCUT2D eigenvalue weighted by molar-refractivity contribution is 5.40. The van der Waals surface area contributed by atoms with Crippen LogP contribution in [-0.2, 0) is 5.54 Å². The second-order valence-corrected chi connectivity index (χ2v) is 5.06. The average molecular weight is 288 g/mol. The highest BCUT2D eigenvalue weighted by Gasteiger charge is 2.31. The smallest absolute Gasteiger partial charge is 0.137 e. The third-order valence-electron chi connectivity index (χ3n) is 3.61. The molecule has 1 aromatic carbocycles. The number of ether oxygens (including phenoxy) is 1. The van der Waals surface area contributed by atoms with E-state index in [4.69, 9.17) is 10.5 Å². The molecule has 0 bridgehead atoms. The topological polar surface area (TPSA) is 48.1 Å². The first-order valence-corrected chi connectivity index (χ1v) is 7.24. The summed E-state index contributed by atoms with van der Waals surface area (Å²) in [6, 6.07) is 8.45. The second-order valence-electron chi connectivity index (χ2n) is 5.06. The maximum Gasteiger partial charge on any atom is 0.137 e. The van der Waals surface area contributed by atoms with Gasteiger partial charge < -0.3 is 10.5 Å². The van der Waals surface area contributed by atoms with Crippen LogP contribution in [0.3, 0.4) is 0 Å². The summed E-state index contributed by atoms with van der Waals surface area (Å²) >= 11 is 0. The van der Waals surface area contributed by atoms with Crippen molar-refractivity contribution in [2.75, 3.05) is 6.61 Å². The van der Waals surface area contributed by atoms with Gasteiger partial charge in [0.15, 0.2) is 0 Å². The van der Waals surface area contributed by atoms with E-state index in [1.54, 1.807) is 30.6 Å². The van der Waals surface area contributed by atoms with E-state index in [-0.39, 0.29) is 5.82 Å². The van der Waals surface area contributed by atoms with Crippen molar-refractivity contribution in [1.82, 2.24) is 4.98 Å². The van der Waals surface area contributed by atoms with E-state index in [9.17, 15) is 4.39 Å². The summed E-state index contributed by atoms with van der Waals surface area (Å²) in [6.07, 6.45) is 4.80. The van der Waals surface area contributed by atoms with Crippen molar-refractivity contribution < 1.29 is 9.13 Å². The van der Waals surface area contributed by atoms with E-state index in [0.717, 1.165) is 12.0 Å². The summed E-state index contributed by atoms with van der Waals surface area (Å²) in [5.74, 6) is 0.357. The molecule has 0 aliphatic heterocycles. The predicted molar refractivity (Wildman–Crippen MR) is 81.7 cm³/mol. The molecular formula is C17H21FN2O. The van der Waals surface area contributed by atoms with Crippen LogP contribution in [0.4, 0.5) is 4.39 Å². The van der Waals surface area contributed by atoms with Crippen LogP contribution in [0, 0.1) is 5.82 Å². The van der Waals surface area contributed by atoms with E-state index >= 15 is 0 Å². The fourth-order valence-electron chi connectivity index (χ4n) is 2.33. The minimum Gasteiger partial charge on any atom is -0.492 e. The van der Waals surface area contributed by atoms with Crippen LogP contribution in [0.15, 0.2) is 42.7 Å². The largest absolute Gasteiger partial charge is 0.492 e. The van der Waals surface area contributed by atoms with Crippen LogP contribution in [-0.4, -0.2) is 11.6 Å². The van der Waals surface area contributed by atoms with Gasteiger partial charge in [0, 0.05) is 11.8 Å². The summed E-state index contributed by atoms with van der Waals surface area (Å²) in [4.78, 5) is 4.18. The number of pyridine rings is 1. The third kappa shape index (κ3) is 3.22. The van der Waals surface area contributed by atoms with Crippen molar-refractivity contribution in [2.45, 2.75) is 32.2 Å². The van der Waals surface area contributed by atoms with Gasteiger partial charge in [-0.25, -0.2) is 4.39 Å². The van der Waals surface area contributed by atoms with E-state index < -0.39 is 5.54 Å². The molecular weight excluding hydrogens is 267 g/mol. The summed E-state index contributed by atoms with van der Waals surface area (Å²) in [6.45, 7) is 4.59. The van der Waals surface area contributed by atoms with Gasteiger partial charge in [0.25, 0.3) is 0 Å². The van der Waals surface area contributed by atoms with Gasteiger partial charge in [-0.1, -0.05) is 32.0 Å². The van der Waals surface area contributed by atoms with Crippen LogP contribution < -0.4 is 10.5 Å². The van der Waals surface area contributed by atoms with Crippen molar-refractivity contribution in [3.63, 3.8) is 0 Å². The molecule has 0 amide bonds. The van der Waals surface area contributed by atoms with Crippen LogP contribution in [0.25, 0.3) is 0 Å². The first-order chi connectivity index (χ1) is 10.1. The number of benzene rings is 1. The fraction of sp³-hybridized carbons (Fsp3) is 0.353. The van der Waals surface area contributed by atoms with Crippen LogP contribution in [0.2, 0.25) is 0 Å². The van der Waals surface area contributed by atoms with Gasteiger partial charge in [0.05, 0.1) is 18.3 Å². The molecule has 112 valence electrons. The fourth-order valence-corrected chi connectivity index (χ4v) is 2.33. The lowest BCUT2D eigenvalue weighted by Crippen LogP contribution is -2.38. The Hall–Kier alpha value is -1.94. The molecule has 0 fully saturated rings. The van der Waals surface area contributed by atoms with Crippen molar-refractivity contribution in [3.8, 4) is 5.75 Å². The Kier molecular flexibility index (Phi) is 4.91. The first kappa shape index (κ1) is 15.4. The molecule has 3 nitrogen and oxygen atoms in total. The Morgan fingerprint density at radius 1 is 1.24 bits per heavy atom. The number of rotatable bonds is 6. The molecule has 0 spiro atoms. The molecule has 21 heavy (non-hydrogen) atoms. The molecule has 1 atom stereocenters. The van der Waals surface area contributed by atoms with E-state index in [2.05, 4.69) is 4.98 Å². The predicted octanol–water partition coefficient (Wildman–Crippen LogP) is 3.62. The van der Waals surface area contributed by atoms with Gasteiger partial charge >= 0.3 is 0 Å². The molecule has 1 heterocycles. The molecule has 0 radical (unpaired) electrons. The summed E-state index contributed by atoms with van der Waals surface area (Å²) in [5.41, 5.74) is 6.82. The molecule has 0 aliphatic rings. The van der Waals surface area contributed by atoms with Gasteiger partial charge in [0.2, 0.25) is 0 Å². The highest BCUT2D eigenvalue weighted by atomic mass is 19.1. The zero-order chi connectivity index (χ0) is 15.3. The lowest BCUT2D eigenvalue weighted by molar-refractivity contribution is 0.315. The number of halogens is 1. The average Bonchev–Trinajstić information content (AvgIpc) is 2.53. The molecule has 4 heteroatoms. The molecule has 0 saturated carbocycles. The minimum atomic E-state index is -0.913. The van der Waals surface area contributed by atoms with Gasteiger partial charge in [-0.15, -0.1) is 0 Å². The molecule has 2 rings (SSSR count). The molecule has 2 aromatic rings. The van der Waals surface area contributed by atoms with Crippen LogP contribution >= 0.6 is 0 Å². The maximum atomic E-state index is 14.1. The van der Waals surface area contributed by atoms with Crippen molar-refractivity contribution in [3.05, 3.63) is 59.7 Å². The van der Waals surface area contributed by atoms with Gasteiger partial charge in [-0.2, -0.15) is 0 Å². The zero-order valence-electron chi connectivity index (χ0n) is 12.5. The second kappa shape index (κ2) is 6.68. The Balaban J connectivity index is 2.43. The standard InChI is InChI=1S/C17H21FN2O/c1-3-9-21-14-10-13(11-20-12-14)17(19,4-2)15-7-5-6-8-16(15)18/h5-8,10-12H,3-4,9,19H2,1-2H3. The van der Waals surface area contributed by atoms with Gasteiger partial charge in [-0.3, -0.25) is 4.98 Å². The van der Waals surface area contributed by atoms with Crippen molar-refractivity contribution >= 4 is 0 Å². The Bertz CT molecular complexity index is 603. The lowest BCUT2D eigenvalue weighted by Gasteiger charge is -2.29. The van der Waals surface area contributed by atoms with Crippen LogP contribution in [0.1, 0.15) is 37.8 Å². The lowest BCUT2D eigenvalue weighted by atomic mass is 9.82. The SMILES string of the molecule is CCCOc1cncc(C(N)(CC)c2ccccc2F)c1. The molecule has 0 aliphatic carbocycles. The first-order valence-electron chi connectivity index (χ1n) is 7.24. The molecule has 2 N–H and O–H groups in total. The van der Waals surface area contributed by atoms with Gasteiger partial charge in [0.1, 0.15) is 11.6 Å². The number of aromatic nitrogens is 1.